The van der Waals surface area contributed by atoms with Crippen molar-refractivity contribution in [2.24, 2.45) is 0 Å². The van der Waals surface area contributed by atoms with Crippen LogP contribution in [0.15, 0.2) is 24.3 Å². The van der Waals surface area contributed by atoms with Crippen LogP contribution in [0.5, 0.6) is 5.75 Å². The van der Waals surface area contributed by atoms with Crippen molar-refractivity contribution in [1.82, 2.24) is 5.32 Å². The number of rotatable bonds is 8. The van der Waals surface area contributed by atoms with Crippen LogP contribution in [-0.2, 0) is 4.79 Å². The zero-order valence-electron chi connectivity index (χ0n) is 10.3. The van der Waals surface area contributed by atoms with Gasteiger partial charge in [0, 0.05) is 13.1 Å². The van der Waals surface area contributed by atoms with Crippen molar-refractivity contribution in [3.05, 3.63) is 29.8 Å². The van der Waals surface area contributed by atoms with E-state index in [0.717, 1.165) is 0 Å². The molecule has 0 saturated heterocycles. The van der Waals surface area contributed by atoms with Gasteiger partial charge in [-0.3, -0.25) is 9.59 Å². The molecule has 0 aliphatic heterocycles. The van der Waals surface area contributed by atoms with E-state index < -0.39 is 5.97 Å². The number of carbonyl (C=O) groups excluding carboxylic acids is 1. The third-order valence-corrected chi connectivity index (χ3v) is 2.32. The van der Waals surface area contributed by atoms with Crippen LogP contribution in [0.3, 0.4) is 0 Å². The second-order valence-electron chi connectivity index (χ2n) is 3.79. The lowest BCUT2D eigenvalue weighted by molar-refractivity contribution is -0.136. The molecule has 0 aliphatic rings. The molecule has 0 bridgehead atoms. The van der Waals surface area contributed by atoms with E-state index in [2.05, 4.69) is 5.32 Å². The molecule has 0 atom stereocenters. The van der Waals surface area contributed by atoms with Crippen LogP contribution in [-0.4, -0.2) is 36.6 Å². The first-order valence-corrected chi connectivity index (χ1v) is 5.76. The zero-order chi connectivity index (χ0) is 13.4. The van der Waals surface area contributed by atoms with Crippen LogP contribution in [0.2, 0.25) is 0 Å². The van der Waals surface area contributed by atoms with Gasteiger partial charge in [0.05, 0.1) is 12.0 Å². The molecule has 0 heterocycles. The summed E-state index contributed by atoms with van der Waals surface area (Å²) < 4.78 is 5.47. The van der Waals surface area contributed by atoms with Gasteiger partial charge < -0.3 is 15.2 Å². The molecular weight excluding hydrogens is 234 g/mol. The molecule has 0 amide bonds. The lowest BCUT2D eigenvalue weighted by Crippen LogP contribution is -2.24. The molecule has 2 N–H and O–H groups in total. The van der Waals surface area contributed by atoms with Gasteiger partial charge in [0.15, 0.2) is 5.78 Å². The number of benzene rings is 1. The van der Waals surface area contributed by atoms with Crippen LogP contribution in [0.4, 0.5) is 0 Å². The summed E-state index contributed by atoms with van der Waals surface area (Å²) in [6, 6.07) is 7.05. The molecule has 5 nitrogen and oxygen atoms in total. The summed E-state index contributed by atoms with van der Waals surface area (Å²) in [5.41, 5.74) is 0.558. The van der Waals surface area contributed by atoms with Crippen molar-refractivity contribution in [3.8, 4) is 5.75 Å². The average Bonchev–Trinajstić information content (AvgIpc) is 2.33. The van der Waals surface area contributed by atoms with Gasteiger partial charge in [-0.2, -0.15) is 0 Å². The fraction of sp³-hybridized carbons (Fsp3) is 0.385. The topological polar surface area (TPSA) is 75.6 Å². The maximum absolute atomic E-state index is 11.3. The summed E-state index contributed by atoms with van der Waals surface area (Å²) in [4.78, 5) is 21.6. The standard InChI is InChI=1S/C13H17NO4/c1-10(15)11-4-2-3-5-12(11)18-9-8-14-7-6-13(16)17/h2-5,14H,6-9H2,1H3,(H,16,17). The number of aliphatic carboxylic acids is 1. The first-order chi connectivity index (χ1) is 8.61. The van der Waals surface area contributed by atoms with Gasteiger partial charge in [-0.1, -0.05) is 12.1 Å². The van der Waals surface area contributed by atoms with Crippen molar-refractivity contribution in [2.75, 3.05) is 19.7 Å². The Morgan fingerprint density at radius 1 is 1.28 bits per heavy atom. The molecule has 0 aliphatic carbocycles. The molecule has 0 radical (unpaired) electrons. The number of Topliss-reactive ketones (excluding diaryl/α,β-unsaturated/α-hetero) is 1. The molecule has 1 aromatic rings. The monoisotopic (exact) mass is 251 g/mol. The predicted octanol–water partition coefficient (Wildman–Crippen LogP) is 1.33. The van der Waals surface area contributed by atoms with Crippen LogP contribution in [0, 0.1) is 0 Å². The Morgan fingerprint density at radius 2 is 2.00 bits per heavy atom. The van der Waals surface area contributed by atoms with E-state index in [1.165, 1.54) is 6.92 Å². The van der Waals surface area contributed by atoms with Gasteiger partial charge in [0.2, 0.25) is 0 Å². The van der Waals surface area contributed by atoms with Gasteiger partial charge in [-0.05, 0) is 19.1 Å². The summed E-state index contributed by atoms with van der Waals surface area (Å²) in [7, 11) is 0. The number of hydrogen-bond donors (Lipinski definition) is 2. The number of hydrogen-bond acceptors (Lipinski definition) is 4. The second kappa shape index (κ2) is 7.45. The third-order valence-electron chi connectivity index (χ3n) is 2.32. The van der Waals surface area contributed by atoms with Gasteiger partial charge in [0.1, 0.15) is 12.4 Å². The molecule has 0 aromatic heterocycles. The number of carboxylic acids is 1. The highest BCUT2D eigenvalue weighted by molar-refractivity contribution is 5.96. The first kappa shape index (κ1) is 14.2. The molecule has 0 unspecified atom stereocenters. The smallest absolute Gasteiger partial charge is 0.304 e. The van der Waals surface area contributed by atoms with Crippen molar-refractivity contribution in [3.63, 3.8) is 0 Å². The molecule has 0 fully saturated rings. The first-order valence-electron chi connectivity index (χ1n) is 5.76. The van der Waals surface area contributed by atoms with Crippen molar-refractivity contribution in [1.29, 1.82) is 0 Å². The number of para-hydroxylation sites is 1. The maximum Gasteiger partial charge on any atom is 0.304 e. The lowest BCUT2D eigenvalue weighted by atomic mass is 10.1. The highest BCUT2D eigenvalue weighted by atomic mass is 16.5. The fourth-order valence-electron chi connectivity index (χ4n) is 1.44. The zero-order valence-corrected chi connectivity index (χ0v) is 10.3. The summed E-state index contributed by atoms with van der Waals surface area (Å²) in [5, 5.41) is 11.4. The van der Waals surface area contributed by atoms with Crippen molar-refractivity contribution >= 4 is 11.8 Å². The largest absolute Gasteiger partial charge is 0.492 e. The Bertz CT molecular complexity index is 417. The molecule has 5 heteroatoms. The molecular formula is C13H17NO4. The fourth-order valence-corrected chi connectivity index (χ4v) is 1.44. The lowest BCUT2D eigenvalue weighted by Gasteiger charge is -2.09. The minimum Gasteiger partial charge on any atom is -0.492 e. The number of ether oxygens (including phenoxy) is 1. The minimum absolute atomic E-state index is 0.0376. The van der Waals surface area contributed by atoms with Gasteiger partial charge in [0.25, 0.3) is 0 Å². The molecule has 1 aromatic carbocycles. The molecule has 98 valence electrons. The minimum atomic E-state index is -0.828. The Hall–Kier alpha value is -1.88. The van der Waals surface area contributed by atoms with E-state index >= 15 is 0 Å². The van der Waals surface area contributed by atoms with Crippen LogP contribution >= 0.6 is 0 Å². The third kappa shape index (κ3) is 4.97. The Morgan fingerprint density at radius 3 is 2.67 bits per heavy atom. The average molecular weight is 251 g/mol. The Labute approximate surface area is 106 Å². The summed E-state index contributed by atoms with van der Waals surface area (Å²) in [6.07, 6.45) is 0.0873. The summed E-state index contributed by atoms with van der Waals surface area (Å²) in [5.74, 6) is -0.306. The van der Waals surface area contributed by atoms with Crippen molar-refractivity contribution < 1.29 is 19.4 Å². The van der Waals surface area contributed by atoms with E-state index in [0.29, 0.717) is 31.0 Å². The second-order valence-corrected chi connectivity index (χ2v) is 3.79. The highest BCUT2D eigenvalue weighted by Gasteiger charge is 2.06. The van der Waals surface area contributed by atoms with E-state index in [1.54, 1.807) is 24.3 Å². The number of carboxylic acid groups (broad SMARTS) is 1. The highest BCUT2D eigenvalue weighted by Crippen LogP contribution is 2.17. The van der Waals surface area contributed by atoms with Crippen LogP contribution in [0.25, 0.3) is 0 Å². The molecule has 0 spiro atoms. The SMILES string of the molecule is CC(=O)c1ccccc1OCCNCCC(=O)O. The summed E-state index contributed by atoms with van der Waals surface area (Å²) >= 11 is 0. The van der Waals surface area contributed by atoms with E-state index in [4.69, 9.17) is 9.84 Å². The molecule has 0 saturated carbocycles. The van der Waals surface area contributed by atoms with E-state index in [-0.39, 0.29) is 12.2 Å². The van der Waals surface area contributed by atoms with E-state index in [1.807, 2.05) is 0 Å². The quantitative estimate of drug-likeness (QED) is 0.538. The van der Waals surface area contributed by atoms with Gasteiger partial charge >= 0.3 is 5.97 Å². The predicted molar refractivity (Wildman–Crippen MR) is 67.1 cm³/mol. The number of ketones is 1. The summed E-state index contributed by atoms with van der Waals surface area (Å²) in [6.45, 7) is 2.84. The molecule has 1 rings (SSSR count). The van der Waals surface area contributed by atoms with Crippen LogP contribution < -0.4 is 10.1 Å². The Balaban J connectivity index is 2.31. The number of nitrogens with one attached hydrogen (secondary N) is 1. The van der Waals surface area contributed by atoms with Crippen molar-refractivity contribution in [2.45, 2.75) is 13.3 Å². The number of carbonyl (C=O) groups is 2. The Kier molecular flexibility index (Phi) is 5.87. The van der Waals surface area contributed by atoms with E-state index in [9.17, 15) is 9.59 Å². The van der Waals surface area contributed by atoms with Crippen LogP contribution in [0.1, 0.15) is 23.7 Å². The normalized spacial score (nSPS) is 10.1. The molecule has 18 heavy (non-hydrogen) atoms. The van der Waals surface area contributed by atoms with Gasteiger partial charge in [-0.15, -0.1) is 0 Å². The maximum atomic E-state index is 11.3. The van der Waals surface area contributed by atoms with Gasteiger partial charge in [-0.25, -0.2) is 0 Å².